The number of amides is 1. The zero-order chi connectivity index (χ0) is 12.0. The van der Waals surface area contributed by atoms with E-state index in [-0.39, 0.29) is 5.91 Å². The van der Waals surface area contributed by atoms with Crippen molar-refractivity contribution >= 4 is 5.91 Å². The van der Waals surface area contributed by atoms with Crippen LogP contribution in [0.2, 0.25) is 0 Å². The van der Waals surface area contributed by atoms with E-state index in [1.165, 1.54) is 12.8 Å². The molecule has 1 amide bonds. The maximum atomic E-state index is 12.0. The Labute approximate surface area is 99.0 Å². The van der Waals surface area contributed by atoms with E-state index in [4.69, 9.17) is 0 Å². The third-order valence-corrected chi connectivity index (χ3v) is 2.90. The molecule has 1 fully saturated rings. The van der Waals surface area contributed by atoms with Crippen LogP contribution in [0.25, 0.3) is 0 Å². The number of nitrogens with one attached hydrogen (secondary N) is 1. The van der Waals surface area contributed by atoms with Crippen LogP contribution in [0, 0.1) is 0 Å². The molecule has 0 aromatic heterocycles. The zero-order valence-corrected chi connectivity index (χ0v) is 10.8. The van der Waals surface area contributed by atoms with Crippen LogP contribution in [0.4, 0.5) is 0 Å². The Morgan fingerprint density at radius 2 is 2.19 bits per heavy atom. The Kier molecular flexibility index (Phi) is 5.77. The van der Waals surface area contributed by atoms with Gasteiger partial charge in [0.05, 0.1) is 6.54 Å². The van der Waals surface area contributed by atoms with Crippen molar-refractivity contribution in [2.75, 3.05) is 40.3 Å². The van der Waals surface area contributed by atoms with Crippen molar-refractivity contribution in [2.45, 2.75) is 32.2 Å². The van der Waals surface area contributed by atoms with Gasteiger partial charge in [0.25, 0.3) is 0 Å². The maximum Gasteiger partial charge on any atom is 0.236 e. The minimum absolute atomic E-state index is 0.251. The Morgan fingerprint density at radius 1 is 1.44 bits per heavy atom. The Bertz CT molecular complexity index is 212. The number of nitrogens with zero attached hydrogens (tertiary/aromatic N) is 2. The lowest BCUT2D eigenvalue weighted by Crippen LogP contribution is -2.44. The molecule has 1 heterocycles. The van der Waals surface area contributed by atoms with Crippen molar-refractivity contribution in [3.63, 3.8) is 0 Å². The van der Waals surface area contributed by atoms with Gasteiger partial charge in [-0.2, -0.15) is 0 Å². The first-order valence-corrected chi connectivity index (χ1v) is 6.29. The monoisotopic (exact) mass is 227 g/mol. The molecule has 4 heteroatoms. The fourth-order valence-corrected chi connectivity index (χ4v) is 2.14. The molecular formula is C12H25N3O. The van der Waals surface area contributed by atoms with Crippen LogP contribution in [0.15, 0.2) is 0 Å². The van der Waals surface area contributed by atoms with Crippen molar-refractivity contribution in [2.24, 2.45) is 0 Å². The van der Waals surface area contributed by atoms with Gasteiger partial charge in [0, 0.05) is 19.1 Å². The van der Waals surface area contributed by atoms with Crippen LogP contribution in [-0.2, 0) is 4.79 Å². The second-order valence-corrected chi connectivity index (χ2v) is 4.87. The van der Waals surface area contributed by atoms with Crippen molar-refractivity contribution < 1.29 is 4.79 Å². The van der Waals surface area contributed by atoms with E-state index in [0.717, 1.165) is 26.1 Å². The van der Waals surface area contributed by atoms with Crippen LogP contribution < -0.4 is 5.32 Å². The van der Waals surface area contributed by atoms with E-state index >= 15 is 0 Å². The third kappa shape index (κ3) is 4.49. The van der Waals surface area contributed by atoms with Gasteiger partial charge in [-0.05, 0) is 39.9 Å². The van der Waals surface area contributed by atoms with Crippen molar-refractivity contribution in [3.8, 4) is 0 Å². The quantitative estimate of drug-likeness (QED) is 0.719. The van der Waals surface area contributed by atoms with E-state index in [0.29, 0.717) is 12.6 Å². The standard InChI is InChI=1S/C12H25N3O/c1-4-8-15(12(16)10-14(2)3)9-11-6-5-7-13-11/h11,13H,4-10H2,1-3H3. The molecule has 0 aliphatic carbocycles. The van der Waals surface area contributed by atoms with Gasteiger partial charge in [0.15, 0.2) is 0 Å². The number of rotatable bonds is 6. The lowest BCUT2D eigenvalue weighted by molar-refractivity contribution is -0.132. The molecule has 1 aliphatic rings. The molecule has 0 radical (unpaired) electrons. The van der Waals surface area contributed by atoms with Crippen LogP contribution >= 0.6 is 0 Å². The minimum Gasteiger partial charge on any atom is -0.340 e. The van der Waals surface area contributed by atoms with E-state index in [2.05, 4.69) is 12.2 Å². The summed E-state index contributed by atoms with van der Waals surface area (Å²) in [5, 5.41) is 3.45. The molecule has 0 bridgehead atoms. The summed E-state index contributed by atoms with van der Waals surface area (Å²) in [7, 11) is 3.88. The van der Waals surface area contributed by atoms with Crippen LogP contribution in [0.5, 0.6) is 0 Å². The normalized spacial score (nSPS) is 20.4. The largest absolute Gasteiger partial charge is 0.340 e. The molecule has 1 rings (SSSR count). The fourth-order valence-electron chi connectivity index (χ4n) is 2.14. The maximum absolute atomic E-state index is 12.0. The highest BCUT2D eigenvalue weighted by atomic mass is 16.2. The average Bonchev–Trinajstić information content (AvgIpc) is 2.68. The molecule has 0 aromatic rings. The predicted molar refractivity (Wildman–Crippen MR) is 66.4 cm³/mol. The molecule has 1 aliphatic heterocycles. The Morgan fingerprint density at radius 3 is 2.69 bits per heavy atom. The number of hydrogen-bond acceptors (Lipinski definition) is 3. The molecule has 0 aromatic carbocycles. The SMILES string of the molecule is CCCN(CC1CCCN1)C(=O)CN(C)C. The Hall–Kier alpha value is -0.610. The van der Waals surface area contributed by atoms with Gasteiger partial charge in [-0.25, -0.2) is 0 Å². The predicted octanol–water partition coefficient (Wildman–Crippen LogP) is 0.539. The third-order valence-electron chi connectivity index (χ3n) is 2.90. The van der Waals surface area contributed by atoms with Gasteiger partial charge < -0.3 is 15.1 Å². The molecule has 0 spiro atoms. The first kappa shape index (κ1) is 13.5. The molecule has 4 nitrogen and oxygen atoms in total. The molecule has 1 saturated heterocycles. The summed E-state index contributed by atoms with van der Waals surface area (Å²) in [5.74, 6) is 0.251. The smallest absolute Gasteiger partial charge is 0.236 e. The summed E-state index contributed by atoms with van der Waals surface area (Å²) in [6, 6.07) is 0.512. The molecule has 1 N–H and O–H groups in total. The summed E-state index contributed by atoms with van der Waals surface area (Å²) in [4.78, 5) is 15.9. The fraction of sp³-hybridized carbons (Fsp3) is 0.917. The van der Waals surface area contributed by atoms with E-state index in [9.17, 15) is 4.79 Å². The van der Waals surface area contributed by atoms with E-state index < -0.39 is 0 Å². The number of likely N-dealkylation sites (N-methyl/N-ethyl adjacent to an activating group) is 1. The summed E-state index contributed by atoms with van der Waals surface area (Å²) < 4.78 is 0. The number of hydrogen-bond donors (Lipinski definition) is 1. The van der Waals surface area contributed by atoms with Crippen LogP contribution in [0.3, 0.4) is 0 Å². The summed E-state index contributed by atoms with van der Waals surface area (Å²) in [6.45, 7) is 5.50. The van der Waals surface area contributed by atoms with Gasteiger partial charge in [-0.15, -0.1) is 0 Å². The molecule has 1 unspecified atom stereocenters. The number of carbonyl (C=O) groups excluding carboxylic acids is 1. The second kappa shape index (κ2) is 6.86. The number of carbonyl (C=O) groups is 1. The van der Waals surface area contributed by atoms with Crippen LogP contribution in [0.1, 0.15) is 26.2 Å². The highest BCUT2D eigenvalue weighted by Crippen LogP contribution is 2.07. The summed E-state index contributed by atoms with van der Waals surface area (Å²) in [5.41, 5.74) is 0. The highest BCUT2D eigenvalue weighted by molar-refractivity contribution is 5.78. The molecule has 16 heavy (non-hydrogen) atoms. The zero-order valence-electron chi connectivity index (χ0n) is 10.8. The molecule has 1 atom stereocenters. The van der Waals surface area contributed by atoms with Crippen molar-refractivity contribution in [3.05, 3.63) is 0 Å². The van der Waals surface area contributed by atoms with Gasteiger partial charge in [0.1, 0.15) is 0 Å². The van der Waals surface area contributed by atoms with E-state index in [1.807, 2.05) is 23.9 Å². The molecule has 94 valence electrons. The van der Waals surface area contributed by atoms with E-state index in [1.54, 1.807) is 0 Å². The van der Waals surface area contributed by atoms with Gasteiger partial charge >= 0.3 is 0 Å². The second-order valence-electron chi connectivity index (χ2n) is 4.87. The van der Waals surface area contributed by atoms with Gasteiger partial charge in [-0.1, -0.05) is 6.92 Å². The van der Waals surface area contributed by atoms with Crippen molar-refractivity contribution in [1.82, 2.24) is 15.1 Å². The molecular weight excluding hydrogens is 202 g/mol. The van der Waals surface area contributed by atoms with Gasteiger partial charge in [-0.3, -0.25) is 4.79 Å². The molecule has 0 saturated carbocycles. The minimum atomic E-state index is 0.251. The van der Waals surface area contributed by atoms with Crippen LogP contribution in [-0.4, -0.2) is 62.0 Å². The summed E-state index contributed by atoms with van der Waals surface area (Å²) >= 11 is 0. The Balaban J connectivity index is 2.41. The topological polar surface area (TPSA) is 35.6 Å². The van der Waals surface area contributed by atoms with Crippen molar-refractivity contribution in [1.29, 1.82) is 0 Å². The first-order valence-electron chi connectivity index (χ1n) is 6.29. The summed E-state index contributed by atoms with van der Waals surface area (Å²) in [6.07, 6.45) is 3.48. The lowest BCUT2D eigenvalue weighted by Gasteiger charge is -2.26. The lowest BCUT2D eigenvalue weighted by atomic mass is 10.2. The highest BCUT2D eigenvalue weighted by Gasteiger charge is 2.20. The average molecular weight is 227 g/mol. The van der Waals surface area contributed by atoms with Gasteiger partial charge in [0.2, 0.25) is 5.91 Å². The first-order chi connectivity index (χ1) is 7.63.